The molecule has 0 aliphatic heterocycles. The standard InChI is InChI=1S/C14H12N4O2S/c19-12(16-10-5-7-15-8-6-10)3-4-13-17-14(18-20-13)11-2-1-9-21-11/h1-2,5-9H,3-4H2,(H,15,16,19). The largest absolute Gasteiger partial charge is 0.339 e. The quantitative estimate of drug-likeness (QED) is 0.783. The lowest BCUT2D eigenvalue weighted by molar-refractivity contribution is -0.116. The number of hydrogen-bond acceptors (Lipinski definition) is 6. The summed E-state index contributed by atoms with van der Waals surface area (Å²) in [6.45, 7) is 0. The maximum atomic E-state index is 11.8. The van der Waals surface area contributed by atoms with Crippen molar-refractivity contribution in [3.63, 3.8) is 0 Å². The summed E-state index contributed by atoms with van der Waals surface area (Å²) in [7, 11) is 0. The van der Waals surface area contributed by atoms with E-state index in [1.807, 2.05) is 17.5 Å². The van der Waals surface area contributed by atoms with Gasteiger partial charge in [-0.1, -0.05) is 11.2 Å². The van der Waals surface area contributed by atoms with Gasteiger partial charge in [0, 0.05) is 30.9 Å². The van der Waals surface area contributed by atoms with E-state index in [1.54, 1.807) is 35.9 Å². The highest BCUT2D eigenvalue weighted by Crippen LogP contribution is 2.21. The van der Waals surface area contributed by atoms with E-state index in [9.17, 15) is 4.79 Å². The maximum absolute atomic E-state index is 11.8. The zero-order valence-electron chi connectivity index (χ0n) is 11.0. The average molecular weight is 300 g/mol. The number of pyridine rings is 1. The van der Waals surface area contributed by atoms with E-state index in [0.717, 1.165) is 10.6 Å². The van der Waals surface area contributed by atoms with E-state index < -0.39 is 0 Å². The van der Waals surface area contributed by atoms with Crippen LogP contribution in [0.2, 0.25) is 0 Å². The number of amides is 1. The third-order valence-electron chi connectivity index (χ3n) is 2.74. The molecule has 21 heavy (non-hydrogen) atoms. The molecule has 0 aliphatic rings. The molecule has 0 radical (unpaired) electrons. The minimum Gasteiger partial charge on any atom is -0.339 e. The van der Waals surface area contributed by atoms with Crippen LogP contribution in [0.15, 0.2) is 46.6 Å². The molecule has 0 atom stereocenters. The Labute approximate surface area is 124 Å². The zero-order valence-corrected chi connectivity index (χ0v) is 11.8. The number of rotatable bonds is 5. The van der Waals surface area contributed by atoms with E-state index in [-0.39, 0.29) is 12.3 Å². The van der Waals surface area contributed by atoms with Crippen LogP contribution in [-0.4, -0.2) is 21.0 Å². The van der Waals surface area contributed by atoms with Gasteiger partial charge in [0.2, 0.25) is 17.6 Å². The maximum Gasteiger partial charge on any atom is 0.227 e. The second-order valence-electron chi connectivity index (χ2n) is 4.27. The summed E-state index contributed by atoms with van der Waals surface area (Å²) in [4.78, 5) is 20.9. The van der Waals surface area contributed by atoms with Crippen molar-refractivity contribution in [2.75, 3.05) is 5.32 Å². The highest BCUT2D eigenvalue weighted by Gasteiger charge is 2.11. The first-order chi connectivity index (χ1) is 10.3. The minimum atomic E-state index is -0.0999. The van der Waals surface area contributed by atoms with Gasteiger partial charge in [0.15, 0.2) is 0 Å². The van der Waals surface area contributed by atoms with Gasteiger partial charge in [0.25, 0.3) is 0 Å². The van der Waals surface area contributed by atoms with E-state index >= 15 is 0 Å². The van der Waals surface area contributed by atoms with E-state index in [4.69, 9.17) is 4.52 Å². The lowest BCUT2D eigenvalue weighted by atomic mass is 10.3. The Kier molecular flexibility index (Phi) is 4.02. The summed E-state index contributed by atoms with van der Waals surface area (Å²) in [5, 5.41) is 8.64. The Balaban J connectivity index is 1.54. The van der Waals surface area contributed by atoms with Crippen LogP contribution in [-0.2, 0) is 11.2 Å². The van der Waals surface area contributed by atoms with Crippen LogP contribution in [0.5, 0.6) is 0 Å². The summed E-state index contributed by atoms with van der Waals surface area (Å²) >= 11 is 1.55. The molecule has 0 bridgehead atoms. The molecule has 0 aromatic carbocycles. The number of carbonyl (C=O) groups excluding carboxylic acids is 1. The normalized spacial score (nSPS) is 10.5. The zero-order chi connectivity index (χ0) is 14.5. The van der Waals surface area contributed by atoms with Gasteiger partial charge in [0.05, 0.1) is 4.88 Å². The van der Waals surface area contributed by atoms with Crippen molar-refractivity contribution in [2.45, 2.75) is 12.8 Å². The molecule has 3 aromatic rings. The number of nitrogens with zero attached hydrogens (tertiary/aromatic N) is 3. The van der Waals surface area contributed by atoms with Crippen molar-refractivity contribution < 1.29 is 9.32 Å². The first-order valence-electron chi connectivity index (χ1n) is 6.37. The number of hydrogen-bond donors (Lipinski definition) is 1. The molecule has 3 rings (SSSR count). The van der Waals surface area contributed by atoms with Gasteiger partial charge in [-0.05, 0) is 23.6 Å². The number of nitrogens with one attached hydrogen (secondary N) is 1. The van der Waals surface area contributed by atoms with Crippen LogP contribution in [0.1, 0.15) is 12.3 Å². The lowest BCUT2D eigenvalue weighted by Crippen LogP contribution is -2.12. The Hall–Kier alpha value is -2.54. The highest BCUT2D eigenvalue weighted by atomic mass is 32.1. The molecule has 106 valence electrons. The fraction of sp³-hybridized carbons (Fsp3) is 0.143. The van der Waals surface area contributed by atoms with Gasteiger partial charge in [0.1, 0.15) is 0 Å². The van der Waals surface area contributed by atoms with Crippen LogP contribution < -0.4 is 5.32 Å². The van der Waals surface area contributed by atoms with Gasteiger partial charge in [-0.2, -0.15) is 4.98 Å². The molecule has 0 spiro atoms. The predicted molar refractivity (Wildman–Crippen MR) is 78.8 cm³/mol. The first-order valence-corrected chi connectivity index (χ1v) is 7.25. The van der Waals surface area contributed by atoms with Gasteiger partial charge < -0.3 is 9.84 Å². The molecular formula is C14H12N4O2S. The van der Waals surface area contributed by atoms with Gasteiger partial charge >= 0.3 is 0 Å². The fourth-order valence-electron chi connectivity index (χ4n) is 1.74. The molecule has 0 unspecified atom stereocenters. The van der Waals surface area contributed by atoms with Gasteiger partial charge in [-0.25, -0.2) is 0 Å². The van der Waals surface area contributed by atoms with Crippen molar-refractivity contribution in [1.29, 1.82) is 0 Å². The Morgan fingerprint density at radius 3 is 2.90 bits per heavy atom. The van der Waals surface area contributed by atoms with Crippen LogP contribution in [0, 0.1) is 0 Å². The lowest BCUT2D eigenvalue weighted by Gasteiger charge is -2.02. The van der Waals surface area contributed by atoms with Crippen molar-refractivity contribution in [3.05, 3.63) is 47.9 Å². The van der Waals surface area contributed by atoms with Crippen molar-refractivity contribution in [1.82, 2.24) is 15.1 Å². The first kappa shape index (κ1) is 13.4. The monoisotopic (exact) mass is 300 g/mol. The number of carbonyl (C=O) groups is 1. The minimum absolute atomic E-state index is 0.0999. The Morgan fingerprint density at radius 1 is 1.29 bits per heavy atom. The second-order valence-corrected chi connectivity index (χ2v) is 5.22. The Bertz CT molecular complexity index is 710. The summed E-state index contributed by atoms with van der Waals surface area (Å²) in [5.41, 5.74) is 0.722. The van der Waals surface area contributed by atoms with Crippen LogP contribution in [0.25, 0.3) is 10.7 Å². The predicted octanol–water partition coefficient (Wildman–Crippen LogP) is 2.76. The number of aryl methyl sites for hydroxylation is 1. The molecule has 3 heterocycles. The number of thiophene rings is 1. The van der Waals surface area contributed by atoms with Crippen molar-refractivity contribution in [3.8, 4) is 10.7 Å². The molecule has 0 fully saturated rings. The fourth-order valence-corrected chi connectivity index (χ4v) is 2.39. The molecule has 0 saturated heterocycles. The third-order valence-corrected chi connectivity index (χ3v) is 3.61. The number of aromatic nitrogens is 3. The van der Waals surface area contributed by atoms with Crippen LogP contribution >= 0.6 is 11.3 Å². The molecular weight excluding hydrogens is 288 g/mol. The molecule has 7 heteroatoms. The molecule has 1 N–H and O–H groups in total. The van der Waals surface area contributed by atoms with Crippen molar-refractivity contribution in [2.24, 2.45) is 0 Å². The summed E-state index contributed by atoms with van der Waals surface area (Å²) in [5.74, 6) is 0.926. The summed E-state index contributed by atoms with van der Waals surface area (Å²) < 4.78 is 5.14. The van der Waals surface area contributed by atoms with E-state index in [1.165, 1.54) is 0 Å². The Morgan fingerprint density at radius 2 is 2.14 bits per heavy atom. The highest BCUT2D eigenvalue weighted by molar-refractivity contribution is 7.13. The van der Waals surface area contributed by atoms with E-state index in [2.05, 4.69) is 20.4 Å². The molecule has 1 amide bonds. The topological polar surface area (TPSA) is 80.9 Å². The van der Waals surface area contributed by atoms with E-state index in [0.29, 0.717) is 18.1 Å². The van der Waals surface area contributed by atoms with Crippen LogP contribution in [0.4, 0.5) is 5.69 Å². The van der Waals surface area contributed by atoms with Gasteiger partial charge in [-0.3, -0.25) is 9.78 Å². The average Bonchev–Trinajstić information content (AvgIpc) is 3.17. The molecule has 3 aromatic heterocycles. The third kappa shape index (κ3) is 3.51. The molecule has 0 aliphatic carbocycles. The number of anilines is 1. The van der Waals surface area contributed by atoms with Crippen LogP contribution in [0.3, 0.4) is 0 Å². The molecule has 6 nitrogen and oxygen atoms in total. The second kappa shape index (κ2) is 6.27. The SMILES string of the molecule is O=C(CCc1nc(-c2cccs2)no1)Nc1ccncc1. The summed E-state index contributed by atoms with van der Waals surface area (Å²) in [6, 6.07) is 7.33. The molecule has 0 saturated carbocycles. The summed E-state index contributed by atoms with van der Waals surface area (Å²) in [6.07, 6.45) is 3.95. The smallest absolute Gasteiger partial charge is 0.227 e. The van der Waals surface area contributed by atoms with Crippen molar-refractivity contribution >= 4 is 22.9 Å². The van der Waals surface area contributed by atoms with Gasteiger partial charge in [-0.15, -0.1) is 11.3 Å².